The lowest BCUT2D eigenvalue weighted by Crippen LogP contribution is -2.47. The van der Waals surface area contributed by atoms with E-state index in [1.54, 1.807) is 38.1 Å². The molecule has 1 heterocycles. The summed E-state index contributed by atoms with van der Waals surface area (Å²) < 4.78 is 0. The molecule has 0 radical (unpaired) electrons. The Morgan fingerprint density at radius 3 is 2.31 bits per heavy atom. The topological polar surface area (TPSA) is 78.7 Å². The molecule has 1 unspecified atom stereocenters. The highest BCUT2D eigenvalue weighted by atomic mass is 35.5. The number of nitrogens with one attached hydrogen (secondary N) is 1. The van der Waals surface area contributed by atoms with Crippen molar-refractivity contribution in [2.75, 3.05) is 32.5 Å². The number of piperidine rings is 1. The Kier molecular flexibility index (Phi) is 9.59. The van der Waals surface area contributed by atoms with E-state index in [1.165, 1.54) is 0 Å². The quantitative estimate of drug-likeness (QED) is 0.806. The summed E-state index contributed by atoms with van der Waals surface area (Å²) in [6.07, 6.45) is 2.14. The lowest BCUT2D eigenvalue weighted by molar-refractivity contribution is -0.120. The van der Waals surface area contributed by atoms with Gasteiger partial charge < -0.3 is 20.9 Å². The summed E-state index contributed by atoms with van der Waals surface area (Å²) in [7, 11) is 3.94. The van der Waals surface area contributed by atoms with Crippen molar-refractivity contribution in [2.45, 2.75) is 38.3 Å². The standard InChI is InChI=1S/C18H28N4O2.2ClH/c1-18(2,19)17(24)20-14-9-7-13(8-10-14)16(23)22(4)15-6-5-11-21(3)12-15;;/h7-10,15H,5-6,11-12,19H2,1-4H3,(H,20,24);2*1H. The number of likely N-dealkylation sites (N-methyl/N-ethyl adjacent to an activating group) is 2. The Morgan fingerprint density at radius 2 is 1.81 bits per heavy atom. The van der Waals surface area contributed by atoms with Crippen molar-refractivity contribution in [3.05, 3.63) is 29.8 Å². The number of benzene rings is 1. The summed E-state index contributed by atoms with van der Waals surface area (Å²) in [6, 6.07) is 7.19. The predicted molar refractivity (Wildman–Crippen MR) is 110 cm³/mol. The van der Waals surface area contributed by atoms with Gasteiger partial charge in [0.25, 0.3) is 5.91 Å². The van der Waals surface area contributed by atoms with Gasteiger partial charge in [-0.3, -0.25) is 9.59 Å². The second kappa shape index (κ2) is 10.1. The number of hydrogen-bond donors (Lipinski definition) is 2. The molecule has 2 rings (SSSR count). The monoisotopic (exact) mass is 404 g/mol. The minimum atomic E-state index is -0.943. The lowest BCUT2D eigenvalue weighted by atomic mass is 10.0. The number of anilines is 1. The maximum atomic E-state index is 12.6. The maximum absolute atomic E-state index is 12.6. The molecule has 3 N–H and O–H groups in total. The van der Waals surface area contributed by atoms with E-state index in [0.29, 0.717) is 11.3 Å². The maximum Gasteiger partial charge on any atom is 0.253 e. The first-order valence-electron chi connectivity index (χ1n) is 8.34. The number of nitrogens with two attached hydrogens (primary N) is 1. The molecule has 0 saturated carbocycles. The Hall–Kier alpha value is -1.34. The SMILES string of the molecule is CN1CCCC(N(C)C(=O)c2ccc(NC(=O)C(C)(C)N)cc2)C1.Cl.Cl. The molecule has 26 heavy (non-hydrogen) atoms. The normalized spacial score (nSPS) is 17.5. The highest BCUT2D eigenvalue weighted by Crippen LogP contribution is 2.17. The molecule has 1 aromatic rings. The van der Waals surface area contributed by atoms with Crippen LogP contribution in [0.4, 0.5) is 5.69 Å². The number of halogens is 2. The molecule has 1 aliphatic rings. The van der Waals surface area contributed by atoms with Crippen molar-refractivity contribution in [3.8, 4) is 0 Å². The first-order valence-corrected chi connectivity index (χ1v) is 8.34. The Labute approximate surface area is 168 Å². The molecular formula is C18H30Cl2N4O2. The molecule has 2 amide bonds. The van der Waals surface area contributed by atoms with Gasteiger partial charge in [0.05, 0.1) is 5.54 Å². The van der Waals surface area contributed by atoms with Crippen LogP contribution in [0.5, 0.6) is 0 Å². The summed E-state index contributed by atoms with van der Waals surface area (Å²) in [5.41, 5.74) is 6.07. The summed E-state index contributed by atoms with van der Waals surface area (Å²) in [4.78, 5) is 28.6. The molecule has 0 aliphatic carbocycles. The molecule has 8 heteroatoms. The zero-order valence-electron chi connectivity index (χ0n) is 15.8. The Morgan fingerprint density at radius 1 is 1.23 bits per heavy atom. The van der Waals surface area contributed by atoms with Crippen LogP contribution in [-0.2, 0) is 4.79 Å². The number of carbonyl (C=O) groups is 2. The van der Waals surface area contributed by atoms with E-state index in [2.05, 4.69) is 17.3 Å². The zero-order valence-corrected chi connectivity index (χ0v) is 17.5. The van der Waals surface area contributed by atoms with Crippen LogP contribution in [0.3, 0.4) is 0 Å². The fourth-order valence-corrected chi connectivity index (χ4v) is 2.81. The second-order valence-electron chi connectivity index (χ2n) is 7.23. The van der Waals surface area contributed by atoms with Crippen molar-refractivity contribution < 1.29 is 9.59 Å². The van der Waals surface area contributed by atoms with Crippen molar-refractivity contribution in [1.29, 1.82) is 0 Å². The first kappa shape index (κ1) is 24.7. The smallest absolute Gasteiger partial charge is 0.253 e. The van der Waals surface area contributed by atoms with Crippen LogP contribution < -0.4 is 11.1 Å². The molecule has 0 aromatic heterocycles. The summed E-state index contributed by atoms with van der Waals surface area (Å²) >= 11 is 0. The molecular weight excluding hydrogens is 375 g/mol. The van der Waals surface area contributed by atoms with Crippen LogP contribution >= 0.6 is 24.8 Å². The molecule has 1 aliphatic heterocycles. The van der Waals surface area contributed by atoms with Crippen LogP contribution in [-0.4, -0.2) is 60.4 Å². The van der Waals surface area contributed by atoms with Gasteiger partial charge in [-0.25, -0.2) is 0 Å². The fraction of sp³-hybridized carbons (Fsp3) is 0.556. The fourth-order valence-electron chi connectivity index (χ4n) is 2.81. The number of rotatable bonds is 4. The molecule has 0 spiro atoms. The van der Waals surface area contributed by atoms with E-state index in [9.17, 15) is 9.59 Å². The number of amides is 2. The highest BCUT2D eigenvalue weighted by molar-refractivity contribution is 5.98. The van der Waals surface area contributed by atoms with Gasteiger partial charge in [0.1, 0.15) is 0 Å². The van der Waals surface area contributed by atoms with Gasteiger partial charge in [-0.15, -0.1) is 24.8 Å². The van der Waals surface area contributed by atoms with Gasteiger partial charge >= 0.3 is 0 Å². The average Bonchev–Trinajstić information content (AvgIpc) is 2.53. The lowest BCUT2D eigenvalue weighted by Gasteiger charge is -2.35. The number of carbonyl (C=O) groups excluding carboxylic acids is 2. The number of hydrogen-bond acceptors (Lipinski definition) is 4. The molecule has 6 nitrogen and oxygen atoms in total. The van der Waals surface area contributed by atoms with Crippen molar-refractivity contribution in [2.24, 2.45) is 5.73 Å². The molecule has 0 bridgehead atoms. The molecule has 1 fully saturated rings. The van der Waals surface area contributed by atoms with Crippen LogP contribution in [0.2, 0.25) is 0 Å². The summed E-state index contributed by atoms with van der Waals surface area (Å²) in [6.45, 7) is 5.29. The number of nitrogens with zero attached hydrogens (tertiary/aromatic N) is 2. The number of likely N-dealkylation sites (tertiary alicyclic amines) is 1. The molecule has 1 aromatic carbocycles. The third kappa shape index (κ3) is 6.43. The van der Waals surface area contributed by atoms with Gasteiger partial charge in [0, 0.05) is 30.9 Å². The Bertz CT molecular complexity index is 602. The third-order valence-corrected chi connectivity index (χ3v) is 4.44. The van der Waals surface area contributed by atoms with E-state index < -0.39 is 5.54 Å². The van der Waals surface area contributed by atoms with Gasteiger partial charge in [-0.2, -0.15) is 0 Å². The predicted octanol–water partition coefficient (Wildman–Crippen LogP) is 2.37. The Balaban J connectivity index is 0.00000312. The van der Waals surface area contributed by atoms with E-state index in [1.807, 2.05) is 11.9 Å². The zero-order chi connectivity index (χ0) is 17.9. The van der Waals surface area contributed by atoms with Crippen LogP contribution in [0.15, 0.2) is 24.3 Å². The molecule has 148 valence electrons. The van der Waals surface area contributed by atoms with E-state index in [4.69, 9.17) is 5.73 Å². The minimum absolute atomic E-state index is 0. The average molecular weight is 405 g/mol. The van der Waals surface area contributed by atoms with Crippen LogP contribution in [0, 0.1) is 0 Å². The third-order valence-electron chi connectivity index (χ3n) is 4.44. The largest absolute Gasteiger partial charge is 0.337 e. The van der Waals surface area contributed by atoms with Crippen molar-refractivity contribution >= 4 is 42.3 Å². The second-order valence-corrected chi connectivity index (χ2v) is 7.23. The van der Waals surface area contributed by atoms with E-state index in [0.717, 1.165) is 25.9 Å². The van der Waals surface area contributed by atoms with Gasteiger partial charge in [-0.1, -0.05) is 0 Å². The van der Waals surface area contributed by atoms with Crippen LogP contribution in [0.1, 0.15) is 37.0 Å². The summed E-state index contributed by atoms with van der Waals surface area (Å²) in [5.74, 6) is -0.253. The minimum Gasteiger partial charge on any atom is -0.337 e. The molecule has 1 saturated heterocycles. The molecule has 1 atom stereocenters. The van der Waals surface area contributed by atoms with Crippen molar-refractivity contribution in [1.82, 2.24) is 9.80 Å². The van der Waals surface area contributed by atoms with Gasteiger partial charge in [0.2, 0.25) is 5.91 Å². The first-order chi connectivity index (χ1) is 11.2. The summed E-state index contributed by atoms with van der Waals surface area (Å²) in [5, 5.41) is 2.75. The van der Waals surface area contributed by atoms with Crippen molar-refractivity contribution in [3.63, 3.8) is 0 Å². The van der Waals surface area contributed by atoms with Crippen LogP contribution in [0.25, 0.3) is 0 Å². The highest BCUT2D eigenvalue weighted by Gasteiger charge is 2.25. The van der Waals surface area contributed by atoms with E-state index >= 15 is 0 Å². The van der Waals surface area contributed by atoms with Gasteiger partial charge in [0.15, 0.2) is 0 Å². The van der Waals surface area contributed by atoms with E-state index in [-0.39, 0.29) is 42.7 Å². The van der Waals surface area contributed by atoms with Gasteiger partial charge in [-0.05, 0) is 64.5 Å².